The fourth-order valence-electron chi connectivity index (χ4n) is 3.41. The Morgan fingerprint density at radius 1 is 1.16 bits per heavy atom. The lowest BCUT2D eigenvalue weighted by Crippen LogP contribution is -2.40. The van der Waals surface area contributed by atoms with Crippen molar-refractivity contribution >= 4 is 39.1 Å². The van der Waals surface area contributed by atoms with Crippen LogP contribution in [0.3, 0.4) is 0 Å². The average molecular weight is 496 g/mol. The smallest absolute Gasteiger partial charge is 0.255 e. The topological polar surface area (TPSA) is 90.7 Å². The number of hydrogen-bond acceptors (Lipinski definition) is 5. The van der Waals surface area contributed by atoms with Gasteiger partial charge < -0.3 is 9.64 Å². The third-order valence-electron chi connectivity index (χ3n) is 5.08. The predicted molar refractivity (Wildman–Crippen MR) is 122 cm³/mol. The van der Waals surface area contributed by atoms with E-state index < -0.39 is 15.9 Å². The van der Waals surface area contributed by atoms with Crippen LogP contribution in [0.25, 0.3) is 0 Å². The molecule has 1 aliphatic rings. The van der Waals surface area contributed by atoms with Crippen molar-refractivity contribution in [3.05, 3.63) is 63.1 Å². The molecule has 1 amide bonds. The zero-order valence-corrected chi connectivity index (χ0v) is 19.9. The van der Waals surface area contributed by atoms with Crippen LogP contribution in [0.2, 0.25) is 10.0 Å². The normalized spacial score (nSPS) is 14.7. The molecule has 1 heterocycles. The Bertz CT molecular complexity index is 1130. The molecular formula is C22H23Cl2N3O4S. The van der Waals surface area contributed by atoms with Crippen molar-refractivity contribution < 1.29 is 17.9 Å². The number of rotatable bonds is 7. The Balaban J connectivity index is 1.94. The molecule has 2 aromatic rings. The molecule has 0 radical (unpaired) electrons. The van der Waals surface area contributed by atoms with Gasteiger partial charge in [-0.1, -0.05) is 42.3 Å². The van der Waals surface area contributed by atoms with E-state index >= 15 is 0 Å². The van der Waals surface area contributed by atoms with Crippen molar-refractivity contribution in [1.29, 1.82) is 5.26 Å². The van der Waals surface area contributed by atoms with Gasteiger partial charge >= 0.3 is 0 Å². The lowest BCUT2D eigenvalue weighted by atomic mass is 10.1. The average Bonchev–Trinajstić information content (AvgIpc) is 2.79. The summed E-state index contributed by atoms with van der Waals surface area (Å²) in [6, 6.07) is 11.6. The van der Waals surface area contributed by atoms with Crippen molar-refractivity contribution in [2.24, 2.45) is 0 Å². The van der Waals surface area contributed by atoms with Crippen molar-refractivity contribution in [2.45, 2.75) is 24.8 Å². The molecule has 2 aromatic carbocycles. The van der Waals surface area contributed by atoms with E-state index in [4.69, 9.17) is 33.2 Å². The number of amides is 1. The van der Waals surface area contributed by atoms with E-state index in [-0.39, 0.29) is 33.6 Å². The van der Waals surface area contributed by atoms with E-state index in [1.54, 1.807) is 29.2 Å². The lowest BCUT2D eigenvalue weighted by Gasteiger charge is -2.27. The minimum absolute atomic E-state index is 0.0350. The van der Waals surface area contributed by atoms with E-state index in [9.17, 15) is 13.2 Å². The van der Waals surface area contributed by atoms with Crippen LogP contribution < -0.4 is 0 Å². The SMILES string of the molecule is CCCN(Cc1ccc(C#N)cc1)C(=O)c1cc(S(=O)(=O)N2CCOCC2)c(Cl)cc1Cl. The van der Waals surface area contributed by atoms with Gasteiger partial charge in [0.1, 0.15) is 4.90 Å². The van der Waals surface area contributed by atoms with Crippen LogP contribution in [-0.2, 0) is 21.3 Å². The van der Waals surface area contributed by atoms with E-state index in [0.717, 1.165) is 5.56 Å². The Kier molecular flexibility index (Phi) is 8.15. The Morgan fingerprint density at radius 2 is 1.81 bits per heavy atom. The molecular weight excluding hydrogens is 473 g/mol. The third-order valence-corrected chi connectivity index (χ3v) is 7.75. The molecule has 0 unspecified atom stereocenters. The van der Waals surface area contributed by atoms with E-state index in [1.165, 1.54) is 16.4 Å². The van der Waals surface area contributed by atoms with Crippen LogP contribution in [0, 0.1) is 11.3 Å². The highest BCUT2D eigenvalue weighted by molar-refractivity contribution is 7.89. The zero-order chi connectivity index (χ0) is 23.3. The number of carbonyl (C=O) groups is 1. The van der Waals surface area contributed by atoms with Crippen molar-refractivity contribution in [3.8, 4) is 6.07 Å². The molecule has 0 aliphatic carbocycles. The van der Waals surface area contributed by atoms with Gasteiger partial charge in [-0.05, 0) is 36.2 Å². The fraction of sp³-hybridized carbons (Fsp3) is 0.364. The molecule has 1 saturated heterocycles. The number of nitrogens with zero attached hydrogens (tertiary/aromatic N) is 3. The highest BCUT2D eigenvalue weighted by Crippen LogP contribution is 2.32. The molecule has 32 heavy (non-hydrogen) atoms. The Labute approximate surface area is 198 Å². The van der Waals surface area contributed by atoms with Crippen molar-refractivity contribution in [3.63, 3.8) is 0 Å². The first-order valence-corrected chi connectivity index (χ1v) is 12.3. The van der Waals surface area contributed by atoms with Gasteiger partial charge in [-0.15, -0.1) is 0 Å². The maximum Gasteiger partial charge on any atom is 0.255 e. The van der Waals surface area contributed by atoms with E-state index in [0.29, 0.717) is 38.3 Å². The minimum atomic E-state index is -3.91. The zero-order valence-electron chi connectivity index (χ0n) is 17.6. The molecule has 0 N–H and O–H groups in total. The first-order chi connectivity index (χ1) is 15.3. The maximum absolute atomic E-state index is 13.4. The summed E-state index contributed by atoms with van der Waals surface area (Å²) in [4.78, 5) is 14.8. The number of hydrogen-bond donors (Lipinski definition) is 0. The number of sulfonamides is 1. The number of halogens is 2. The molecule has 7 nitrogen and oxygen atoms in total. The van der Waals surface area contributed by atoms with Crippen molar-refractivity contribution in [1.82, 2.24) is 9.21 Å². The molecule has 0 spiro atoms. The molecule has 0 aromatic heterocycles. The molecule has 3 rings (SSSR count). The summed E-state index contributed by atoms with van der Waals surface area (Å²) in [5, 5.41) is 9.02. The predicted octanol–water partition coefficient (Wildman–Crippen LogP) is 3.94. The van der Waals surface area contributed by atoms with E-state index in [2.05, 4.69) is 6.07 Å². The largest absolute Gasteiger partial charge is 0.379 e. The molecule has 0 atom stereocenters. The first kappa shape index (κ1) is 24.5. The minimum Gasteiger partial charge on any atom is -0.379 e. The van der Waals surface area contributed by atoms with Crippen LogP contribution in [0.4, 0.5) is 0 Å². The summed E-state index contributed by atoms with van der Waals surface area (Å²) < 4.78 is 32.8. The van der Waals surface area contributed by atoms with Crippen LogP contribution >= 0.6 is 23.2 Å². The van der Waals surface area contributed by atoms with Gasteiger partial charge in [-0.3, -0.25) is 4.79 Å². The monoisotopic (exact) mass is 495 g/mol. The highest BCUT2D eigenvalue weighted by Gasteiger charge is 2.31. The van der Waals surface area contributed by atoms with Crippen molar-refractivity contribution in [2.75, 3.05) is 32.8 Å². The number of ether oxygens (including phenoxy) is 1. The molecule has 1 fully saturated rings. The van der Waals surface area contributed by atoms with Gasteiger partial charge in [-0.2, -0.15) is 9.57 Å². The van der Waals surface area contributed by atoms with E-state index in [1.807, 2.05) is 6.92 Å². The van der Waals surface area contributed by atoms with Gasteiger partial charge in [-0.25, -0.2) is 8.42 Å². The first-order valence-electron chi connectivity index (χ1n) is 10.1. The van der Waals surface area contributed by atoms with Gasteiger partial charge in [0.15, 0.2) is 0 Å². The second kappa shape index (κ2) is 10.6. The summed E-state index contributed by atoms with van der Waals surface area (Å²) in [7, 11) is -3.91. The summed E-state index contributed by atoms with van der Waals surface area (Å²) in [6.45, 7) is 3.70. The summed E-state index contributed by atoms with van der Waals surface area (Å²) in [5.41, 5.74) is 1.45. The number of benzene rings is 2. The fourth-order valence-corrected chi connectivity index (χ4v) is 5.65. The second-order valence-electron chi connectivity index (χ2n) is 7.31. The standard InChI is InChI=1S/C22H23Cl2N3O4S/c1-2-7-26(15-17-5-3-16(14-25)4-6-17)22(28)18-12-21(20(24)13-19(18)23)32(29,30)27-8-10-31-11-9-27/h3-6,12-13H,2,7-11,15H2,1H3. The third kappa shape index (κ3) is 5.42. The lowest BCUT2D eigenvalue weighted by molar-refractivity contribution is 0.0729. The van der Waals surface area contributed by atoms with Gasteiger partial charge in [0.05, 0.1) is 40.5 Å². The molecule has 0 bridgehead atoms. The molecule has 10 heteroatoms. The summed E-state index contributed by atoms with van der Waals surface area (Å²) in [6.07, 6.45) is 0.701. The Hall–Kier alpha value is -2.15. The number of nitriles is 1. The Morgan fingerprint density at radius 3 is 2.41 bits per heavy atom. The van der Waals surface area contributed by atoms with Gasteiger partial charge in [0.2, 0.25) is 10.0 Å². The number of carbonyl (C=O) groups excluding carboxylic acids is 1. The van der Waals surface area contributed by atoms with Gasteiger partial charge in [0, 0.05) is 26.2 Å². The van der Waals surface area contributed by atoms with Crippen LogP contribution in [0.1, 0.15) is 34.8 Å². The maximum atomic E-state index is 13.4. The number of morpholine rings is 1. The quantitative estimate of drug-likeness (QED) is 0.579. The molecule has 1 aliphatic heterocycles. The van der Waals surface area contributed by atoms with Crippen LogP contribution in [0.5, 0.6) is 0 Å². The van der Waals surface area contributed by atoms with Crippen LogP contribution in [0.15, 0.2) is 41.3 Å². The van der Waals surface area contributed by atoms with Crippen LogP contribution in [-0.4, -0.2) is 56.4 Å². The molecule has 0 saturated carbocycles. The second-order valence-corrected chi connectivity index (χ2v) is 10.0. The van der Waals surface area contributed by atoms with Gasteiger partial charge in [0.25, 0.3) is 5.91 Å². The summed E-state index contributed by atoms with van der Waals surface area (Å²) >= 11 is 12.6. The molecule has 170 valence electrons. The summed E-state index contributed by atoms with van der Waals surface area (Å²) in [5.74, 6) is -0.392. The highest BCUT2D eigenvalue weighted by atomic mass is 35.5.